The van der Waals surface area contributed by atoms with Crippen LogP contribution in [-0.4, -0.2) is 20.6 Å². The average molecular weight is 314 g/mol. The number of carbonyl (C=O) groups excluding carboxylic acids is 1. The Morgan fingerprint density at radius 2 is 2.05 bits per heavy atom. The number of amides is 1. The van der Waals surface area contributed by atoms with E-state index < -0.39 is 11.6 Å². The number of fused-ring (bicyclic) bond motifs is 3. The molecule has 9 heteroatoms. The summed E-state index contributed by atoms with van der Waals surface area (Å²) in [6.45, 7) is 3.24. The third kappa shape index (κ3) is 1.68. The smallest absolute Gasteiger partial charge is 0.327 e. The van der Waals surface area contributed by atoms with Gasteiger partial charge in [0.1, 0.15) is 27.2 Å². The molecule has 0 atom stereocenters. The van der Waals surface area contributed by atoms with Crippen LogP contribution in [0.25, 0.3) is 20.4 Å². The average Bonchev–Trinajstić information content (AvgIpc) is 2.77. The lowest BCUT2D eigenvalue weighted by Gasteiger charge is -2.05. The first-order valence-corrected chi connectivity index (χ1v) is 7.00. The van der Waals surface area contributed by atoms with Crippen LogP contribution in [0.1, 0.15) is 17.0 Å². The molecule has 0 radical (unpaired) electrons. The molecule has 1 amide bonds. The van der Waals surface area contributed by atoms with Gasteiger partial charge in [-0.25, -0.2) is 19.3 Å². The number of carbonyl (C=O) groups is 1. The van der Waals surface area contributed by atoms with E-state index in [2.05, 4.69) is 9.97 Å². The molecule has 3 rings (SSSR count). The summed E-state index contributed by atoms with van der Waals surface area (Å²) in [7, 11) is 0. The van der Waals surface area contributed by atoms with Gasteiger partial charge < -0.3 is 11.5 Å². The van der Waals surface area contributed by atoms with Crippen molar-refractivity contribution in [2.24, 2.45) is 5.73 Å². The highest BCUT2D eigenvalue weighted by atomic mass is 32.1. The van der Waals surface area contributed by atoms with Gasteiger partial charge in [0.05, 0.1) is 11.1 Å². The van der Waals surface area contributed by atoms with Crippen LogP contribution in [0.4, 0.5) is 10.6 Å². The van der Waals surface area contributed by atoms with Crippen LogP contribution in [0.3, 0.4) is 0 Å². The highest BCUT2D eigenvalue weighted by molar-refractivity contribution is 7.25. The number of nitrogens with two attached hydrogens (primary N) is 2. The van der Waals surface area contributed by atoms with Crippen LogP contribution in [0, 0.1) is 25.2 Å². The summed E-state index contributed by atoms with van der Waals surface area (Å²) in [6.07, 6.45) is 0. The summed E-state index contributed by atoms with van der Waals surface area (Å²) < 4.78 is 1.06. The Bertz CT molecular complexity index is 1070. The standard InChI is InChI=1S/C13H10N6O2S/c1-4-6(3-14)10(15)18-11-7(4)8-9(22-11)12(20)19(13(16)21)5(2)17-8/h1-2H3,(H2,15,18)(H2,16,21). The molecule has 0 saturated carbocycles. The molecule has 0 aliphatic carbocycles. The number of hydrogen-bond donors (Lipinski definition) is 2. The van der Waals surface area contributed by atoms with Crippen molar-refractivity contribution in [2.75, 3.05) is 5.73 Å². The first-order valence-electron chi connectivity index (χ1n) is 6.18. The molecule has 0 bridgehead atoms. The van der Waals surface area contributed by atoms with E-state index in [-0.39, 0.29) is 21.9 Å². The van der Waals surface area contributed by atoms with Gasteiger partial charge in [-0.3, -0.25) is 4.79 Å². The summed E-state index contributed by atoms with van der Waals surface area (Å²) >= 11 is 1.07. The van der Waals surface area contributed by atoms with Crippen LogP contribution >= 0.6 is 11.3 Å². The number of aryl methyl sites for hydroxylation is 2. The van der Waals surface area contributed by atoms with Crippen molar-refractivity contribution in [3.8, 4) is 6.07 Å². The van der Waals surface area contributed by atoms with Crippen LogP contribution in [-0.2, 0) is 0 Å². The maximum absolute atomic E-state index is 12.4. The van der Waals surface area contributed by atoms with E-state index in [1.54, 1.807) is 6.92 Å². The summed E-state index contributed by atoms with van der Waals surface area (Å²) in [5.74, 6) is 0.283. The fourth-order valence-electron chi connectivity index (χ4n) is 2.42. The quantitative estimate of drug-likeness (QED) is 0.634. The molecule has 3 aromatic rings. The molecule has 22 heavy (non-hydrogen) atoms. The van der Waals surface area contributed by atoms with Gasteiger partial charge >= 0.3 is 6.03 Å². The second-order valence-electron chi connectivity index (χ2n) is 4.71. The fraction of sp³-hybridized carbons (Fsp3) is 0.154. The van der Waals surface area contributed by atoms with Crippen molar-refractivity contribution in [3.05, 3.63) is 27.3 Å². The van der Waals surface area contributed by atoms with Crippen molar-refractivity contribution in [3.63, 3.8) is 0 Å². The van der Waals surface area contributed by atoms with E-state index in [0.29, 0.717) is 21.3 Å². The lowest BCUT2D eigenvalue weighted by atomic mass is 10.1. The summed E-state index contributed by atoms with van der Waals surface area (Å²) in [5, 5.41) is 9.78. The number of nitriles is 1. The number of primary amides is 1. The Kier molecular flexibility index (Phi) is 2.86. The number of thiophene rings is 1. The van der Waals surface area contributed by atoms with Crippen LogP contribution < -0.4 is 17.0 Å². The molecular weight excluding hydrogens is 304 g/mol. The number of rotatable bonds is 0. The summed E-state index contributed by atoms with van der Waals surface area (Å²) in [4.78, 5) is 32.8. The molecule has 0 aliphatic heterocycles. The topological polar surface area (TPSA) is 141 Å². The molecule has 0 unspecified atom stereocenters. The Balaban J connectivity index is 2.61. The fourth-order valence-corrected chi connectivity index (χ4v) is 3.53. The Hall–Kier alpha value is -2.99. The van der Waals surface area contributed by atoms with Crippen LogP contribution in [0.5, 0.6) is 0 Å². The summed E-state index contributed by atoms with van der Waals surface area (Å²) in [5.41, 5.74) is 11.7. The molecule has 0 aliphatic rings. The van der Waals surface area contributed by atoms with E-state index in [0.717, 1.165) is 15.9 Å². The molecule has 0 saturated heterocycles. The minimum atomic E-state index is -0.892. The molecule has 110 valence electrons. The second kappa shape index (κ2) is 4.51. The first-order chi connectivity index (χ1) is 10.4. The highest BCUT2D eigenvalue weighted by Crippen LogP contribution is 2.34. The predicted molar refractivity (Wildman–Crippen MR) is 82.8 cm³/mol. The minimum Gasteiger partial charge on any atom is -0.383 e. The Morgan fingerprint density at radius 3 is 2.64 bits per heavy atom. The third-order valence-corrected chi connectivity index (χ3v) is 4.48. The van der Waals surface area contributed by atoms with Gasteiger partial charge in [-0.1, -0.05) is 0 Å². The number of hydrogen-bond acceptors (Lipinski definition) is 7. The molecular formula is C13H10N6O2S. The first kappa shape index (κ1) is 14.0. The van der Waals surface area contributed by atoms with E-state index >= 15 is 0 Å². The van der Waals surface area contributed by atoms with Gasteiger partial charge in [-0.2, -0.15) is 5.26 Å². The maximum Gasteiger partial charge on any atom is 0.327 e. The highest BCUT2D eigenvalue weighted by Gasteiger charge is 2.20. The molecule has 0 spiro atoms. The van der Waals surface area contributed by atoms with E-state index in [9.17, 15) is 14.9 Å². The Morgan fingerprint density at radius 1 is 1.36 bits per heavy atom. The molecule has 0 fully saturated rings. The molecule has 8 nitrogen and oxygen atoms in total. The van der Waals surface area contributed by atoms with Gasteiger partial charge in [0.25, 0.3) is 5.56 Å². The van der Waals surface area contributed by atoms with Gasteiger partial charge in [-0.05, 0) is 19.4 Å². The predicted octanol–water partition coefficient (Wildman–Crippen LogP) is 1.00. The van der Waals surface area contributed by atoms with E-state index in [4.69, 9.17) is 11.5 Å². The lowest BCUT2D eigenvalue weighted by molar-refractivity contribution is 0.249. The summed E-state index contributed by atoms with van der Waals surface area (Å²) in [6, 6.07) is 1.11. The minimum absolute atomic E-state index is 0.103. The number of anilines is 1. The van der Waals surface area contributed by atoms with Crippen molar-refractivity contribution < 1.29 is 4.79 Å². The molecule has 3 aromatic heterocycles. The number of nitrogens with zero attached hydrogens (tertiary/aromatic N) is 4. The number of pyridine rings is 1. The molecule has 0 aromatic carbocycles. The lowest BCUT2D eigenvalue weighted by Crippen LogP contribution is -2.33. The molecule has 4 N–H and O–H groups in total. The van der Waals surface area contributed by atoms with E-state index in [1.807, 2.05) is 6.07 Å². The van der Waals surface area contributed by atoms with Crippen molar-refractivity contribution >= 4 is 43.6 Å². The Labute approximate surface area is 127 Å². The monoisotopic (exact) mass is 314 g/mol. The zero-order valence-electron chi connectivity index (χ0n) is 11.7. The normalized spacial score (nSPS) is 11.0. The zero-order valence-corrected chi connectivity index (χ0v) is 12.5. The zero-order chi connectivity index (χ0) is 16.2. The van der Waals surface area contributed by atoms with Gasteiger partial charge in [-0.15, -0.1) is 11.3 Å². The van der Waals surface area contributed by atoms with E-state index in [1.165, 1.54) is 6.92 Å². The van der Waals surface area contributed by atoms with Gasteiger partial charge in [0, 0.05) is 5.39 Å². The second-order valence-corrected chi connectivity index (χ2v) is 5.71. The van der Waals surface area contributed by atoms with Crippen LogP contribution in [0.2, 0.25) is 0 Å². The van der Waals surface area contributed by atoms with Crippen molar-refractivity contribution in [1.29, 1.82) is 5.26 Å². The van der Waals surface area contributed by atoms with Crippen LogP contribution in [0.15, 0.2) is 4.79 Å². The van der Waals surface area contributed by atoms with Crippen molar-refractivity contribution in [2.45, 2.75) is 13.8 Å². The van der Waals surface area contributed by atoms with Crippen molar-refractivity contribution in [1.82, 2.24) is 14.5 Å². The third-order valence-electron chi connectivity index (χ3n) is 3.42. The van der Waals surface area contributed by atoms with Gasteiger partial charge in [0.2, 0.25) is 0 Å². The maximum atomic E-state index is 12.4. The number of nitrogen functional groups attached to an aromatic ring is 1. The SMILES string of the molecule is Cc1c(C#N)c(N)nc2sc3c(=O)n(C(N)=O)c(C)nc3c12. The largest absolute Gasteiger partial charge is 0.383 e. The molecule has 3 heterocycles. The number of aromatic nitrogens is 3. The van der Waals surface area contributed by atoms with Gasteiger partial charge in [0.15, 0.2) is 0 Å².